The minimum absolute atomic E-state index is 0.0226. The summed E-state index contributed by atoms with van der Waals surface area (Å²) in [5.74, 6) is 0. The summed E-state index contributed by atoms with van der Waals surface area (Å²) in [6, 6.07) is 48.6. The zero-order chi connectivity index (χ0) is 38.9. The van der Waals surface area contributed by atoms with E-state index >= 15 is 0 Å². The van der Waals surface area contributed by atoms with Gasteiger partial charge in [0.25, 0.3) is 0 Å². The highest BCUT2D eigenvalue weighted by Crippen LogP contribution is 2.54. The second kappa shape index (κ2) is 10.7. The lowest BCUT2D eigenvalue weighted by Gasteiger charge is -2.42. The Morgan fingerprint density at radius 2 is 1.30 bits per heavy atom. The van der Waals surface area contributed by atoms with E-state index in [1.165, 1.54) is 94.3 Å². The molecule has 0 atom stereocenters. The maximum atomic E-state index is 6.64. The molecule has 9 aromatic rings. The first-order valence-electron chi connectivity index (χ1n) is 20.6. The smallest absolute Gasteiger partial charge is 0.333 e. The zero-order valence-corrected chi connectivity index (χ0v) is 34.0. The number of rotatable bonds is 1. The summed E-state index contributed by atoms with van der Waals surface area (Å²) in [7, 11) is 0. The van der Waals surface area contributed by atoms with Crippen LogP contribution in [0.4, 0.5) is 11.4 Å². The molecule has 57 heavy (non-hydrogen) atoms. The van der Waals surface area contributed by atoms with Gasteiger partial charge in [-0.05, 0) is 97.1 Å². The van der Waals surface area contributed by atoms with Crippen LogP contribution >= 0.6 is 0 Å². The molecule has 0 unspecified atom stereocenters. The highest BCUT2D eigenvalue weighted by atomic mass is 16.3. The van der Waals surface area contributed by atoms with Crippen molar-refractivity contribution in [1.29, 1.82) is 0 Å². The molecule has 4 heteroatoms. The van der Waals surface area contributed by atoms with E-state index in [-0.39, 0.29) is 23.1 Å². The molecule has 4 heterocycles. The third kappa shape index (κ3) is 4.23. The van der Waals surface area contributed by atoms with Gasteiger partial charge in [0.1, 0.15) is 11.2 Å². The molecule has 2 aromatic heterocycles. The van der Waals surface area contributed by atoms with Gasteiger partial charge >= 0.3 is 6.85 Å². The lowest BCUT2D eigenvalue weighted by atomic mass is 9.43. The first kappa shape index (κ1) is 33.2. The molecule has 0 bridgehead atoms. The van der Waals surface area contributed by atoms with Crippen molar-refractivity contribution in [3.63, 3.8) is 0 Å². The molecule has 2 aliphatic heterocycles. The van der Waals surface area contributed by atoms with Gasteiger partial charge in [0.15, 0.2) is 0 Å². The summed E-state index contributed by atoms with van der Waals surface area (Å²) in [6.45, 7) is 18.6. The maximum absolute atomic E-state index is 6.64. The van der Waals surface area contributed by atoms with Crippen molar-refractivity contribution in [3.05, 3.63) is 150 Å². The Bertz CT molecular complexity index is 3230. The Hall–Kier alpha value is -6.00. The second-order valence-corrected chi connectivity index (χ2v) is 19.4. The van der Waals surface area contributed by atoms with E-state index in [0.717, 1.165) is 21.9 Å². The van der Waals surface area contributed by atoms with Gasteiger partial charge in [-0.15, -0.1) is 0 Å². The van der Waals surface area contributed by atoms with Crippen molar-refractivity contribution in [1.82, 2.24) is 4.57 Å². The molecule has 0 spiro atoms. The molecule has 0 saturated carbocycles. The Morgan fingerprint density at radius 1 is 0.561 bits per heavy atom. The van der Waals surface area contributed by atoms with E-state index in [0.29, 0.717) is 0 Å². The average molecular weight is 737 g/mol. The molecular weight excluding hydrogens is 691 g/mol. The van der Waals surface area contributed by atoms with Crippen molar-refractivity contribution in [3.8, 4) is 27.9 Å². The Kier molecular flexibility index (Phi) is 6.22. The van der Waals surface area contributed by atoms with Gasteiger partial charge in [-0.25, -0.2) is 0 Å². The molecule has 0 N–H and O–H groups in total. The van der Waals surface area contributed by atoms with Crippen LogP contribution in [0, 0.1) is 0 Å². The van der Waals surface area contributed by atoms with Crippen molar-refractivity contribution < 1.29 is 4.42 Å². The summed E-state index contributed by atoms with van der Waals surface area (Å²) in [6.07, 6.45) is 0. The van der Waals surface area contributed by atoms with E-state index < -0.39 is 0 Å². The minimum atomic E-state index is -0.0846. The standard InChI is InChI=1S/C53H45BN2O/c1-51(2,3)30-17-20-32(21-18-30)56-44-29-46-38(33-13-10-12-16-45(33)57-46)28-37(44)34-22-23-36-48-43(26-24-40-47(48)35-14-9-11-15-39(35)53(40,7)8)55-42-25-19-31(52(4,5)6)27-41(42)54(56)49(34)50(36)55/h9-29H,1-8H3. The summed E-state index contributed by atoms with van der Waals surface area (Å²) < 4.78 is 9.25. The number of aromatic nitrogens is 1. The molecule has 276 valence electrons. The fourth-order valence-electron chi connectivity index (χ4n) is 10.8. The normalized spacial score (nSPS) is 15.1. The number of furan rings is 1. The number of para-hydroxylation sites is 1. The van der Waals surface area contributed by atoms with E-state index in [1.807, 2.05) is 0 Å². The first-order chi connectivity index (χ1) is 27.3. The van der Waals surface area contributed by atoms with E-state index in [4.69, 9.17) is 4.42 Å². The summed E-state index contributed by atoms with van der Waals surface area (Å²) in [5.41, 5.74) is 21.5. The molecule has 0 saturated heterocycles. The molecule has 0 radical (unpaired) electrons. The van der Waals surface area contributed by atoms with Crippen LogP contribution in [0.25, 0.3) is 71.7 Å². The highest BCUT2D eigenvalue weighted by Gasteiger charge is 2.46. The van der Waals surface area contributed by atoms with Crippen LogP contribution in [-0.2, 0) is 16.2 Å². The molecule has 1 aliphatic carbocycles. The van der Waals surface area contributed by atoms with E-state index in [2.05, 4.69) is 192 Å². The zero-order valence-electron chi connectivity index (χ0n) is 34.0. The lowest BCUT2D eigenvalue weighted by Crippen LogP contribution is -2.60. The molecule has 3 nitrogen and oxygen atoms in total. The number of benzene rings is 7. The number of fused-ring (bicyclic) bond motifs is 15. The third-order valence-corrected chi connectivity index (χ3v) is 13.7. The Balaban J connectivity index is 1.26. The van der Waals surface area contributed by atoms with Gasteiger partial charge in [0.05, 0.1) is 11.0 Å². The number of hydrogen-bond acceptors (Lipinski definition) is 2. The maximum Gasteiger partial charge on any atom is 0.333 e. The van der Waals surface area contributed by atoms with Gasteiger partial charge in [-0.1, -0.05) is 140 Å². The predicted molar refractivity (Wildman–Crippen MR) is 242 cm³/mol. The first-order valence-corrected chi connectivity index (χ1v) is 20.6. The molecule has 3 aliphatic rings. The Labute approximate surface area is 334 Å². The van der Waals surface area contributed by atoms with Gasteiger partial charge in [-0.2, -0.15) is 0 Å². The van der Waals surface area contributed by atoms with Crippen LogP contribution in [0.5, 0.6) is 0 Å². The van der Waals surface area contributed by atoms with Gasteiger partial charge in [0.2, 0.25) is 0 Å². The fourth-order valence-corrected chi connectivity index (χ4v) is 10.8. The monoisotopic (exact) mass is 736 g/mol. The highest BCUT2D eigenvalue weighted by molar-refractivity contribution is 6.93. The van der Waals surface area contributed by atoms with E-state index in [1.54, 1.807) is 0 Å². The summed E-state index contributed by atoms with van der Waals surface area (Å²) in [4.78, 5) is 2.63. The SMILES string of the molecule is CC(C)(C)c1ccc(N2B3c4cc(C(C)(C)C)ccc4-n4c5ccc6c(c5c5ccc(c3c54)-c3cc4c(cc32)oc2ccccc24)-c2ccccc2C6(C)C)cc1. The van der Waals surface area contributed by atoms with Crippen molar-refractivity contribution in [2.75, 3.05) is 4.81 Å². The van der Waals surface area contributed by atoms with Crippen molar-refractivity contribution in [2.45, 2.75) is 71.6 Å². The van der Waals surface area contributed by atoms with Gasteiger partial charge in [0, 0.05) is 55.7 Å². The quantitative estimate of drug-likeness (QED) is 0.157. The third-order valence-electron chi connectivity index (χ3n) is 13.7. The fraction of sp³-hybridized carbons (Fsp3) is 0.208. The molecule has 7 aromatic carbocycles. The van der Waals surface area contributed by atoms with Gasteiger partial charge < -0.3 is 13.8 Å². The van der Waals surface area contributed by atoms with Gasteiger partial charge in [-0.3, -0.25) is 0 Å². The minimum Gasteiger partial charge on any atom is -0.456 e. The lowest BCUT2D eigenvalue weighted by molar-refractivity contribution is 0.590. The van der Waals surface area contributed by atoms with Crippen LogP contribution in [0.3, 0.4) is 0 Å². The number of anilines is 2. The molecule has 0 fully saturated rings. The van der Waals surface area contributed by atoms with E-state index in [9.17, 15) is 0 Å². The van der Waals surface area contributed by atoms with Crippen molar-refractivity contribution in [2.24, 2.45) is 0 Å². The number of nitrogens with zero attached hydrogens (tertiary/aromatic N) is 2. The van der Waals surface area contributed by atoms with Crippen molar-refractivity contribution >= 4 is 72.9 Å². The summed E-state index contributed by atoms with van der Waals surface area (Å²) in [5, 5.41) is 4.99. The topological polar surface area (TPSA) is 21.3 Å². The van der Waals surface area contributed by atoms with Crippen LogP contribution in [0.1, 0.15) is 77.6 Å². The second-order valence-electron chi connectivity index (χ2n) is 19.4. The van der Waals surface area contributed by atoms with Crippen LogP contribution in [0.2, 0.25) is 0 Å². The predicted octanol–water partition coefficient (Wildman–Crippen LogP) is 12.8. The molecule has 0 amide bonds. The largest absolute Gasteiger partial charge is 0.456 e. The molecular formula is C53H45BN2O. The number of hydrogen-bond donors (Lipinski definition) is 0. The van der Waals surface area contributed by atoms with Crippen LogP contribution in [0.15, 0.2) is 132 Å². The van der Waals surface area contributed by atoms with Crippen LogP contribution < -0.4 is 15.7 Å². The Morgan fingerprint density at radius 3 is 2.09 bits per heavy atom. The summed E-state index contributed by atoms with van der Waals surface area (Å²) >= 11 is 0. The molecule has 12 rings (SSSR count). The average Bonchev–Trinajstić information content (AvgIpc) is 3.81. The van der Waals surface area contributed by atoms with Crippen LogP contribution in [-0.4, -0.2) is 11.4 Å².